The first kappa shape index (κ1) is 16.4. The average Bonchev–Trinajstić information content (AvgIpc) is 2.83. The fraction of sp³-hybridized carbons (Fsp3) is 0.533. The Kier molecular flexibility index (Phi) is 6.15. The SMILES string of the molecule is CCNC(=NCCc1cc(Cl)cc(Cl)c1)N1CC[C@@H](O)C1. The Labute approximate surface area is 135 Å². The second-order valence-electron chi connectivity index (χ2n) is 5.15. The Morgan fingerprint density at radius 1 is 1.38 bits per heavy atom. The van der Waals surface area contributed by atoms with Gasteiger partial charge in [0.2, 0.25) is 0 Å². The second kappa shape index (κ2) is 7.87. The molecule has 21 heavy (non-hydrogen) atoms. The number of rotatable bonds is 4. The molecule has 1 aliphatic heterocycles. The maximum atomic E-state index is 9.63. The topological polar surface area (TPSA) is 47.9 Å². The summed E-state index contributed by atoms with van der Waals surface area (Å²) in [6, 6.07) is 5.55. The van der Waals surface area contributed by atoms with Crippen LogP contribution >= 0.6 is 23.2 Å². The lowest BCUT2D eigenvalue weighted by Gasteiger charge is -2.20. The van der Waals surface area contributed by atoms with Crippen LogP contribution in [0.1, 0.15) is 18.9 Å². The maximum absolute atomic E-state index is 9.63. The number of aliphatic hydroxyl groups is 1. The van der Waals surface area contributed by atoms with E-state index in [1.165, 1.54) is 0 Å². The first-order chi connectivity index (χ1) is 10.1. The summed E-state index contributed by atoms with van der Waals surface area (Å²) in [7, 11) is 0. The molecule has 2 N–H and O–H groups in total. The third-order valence-corrected chi connectivity index (χ3v) is 3.82. The van der Waals surface area contributed by atoms with Gasteiger partial charge in [0.1, 0.15) is 0 Å². The summed E-state index contributed by atoms with van der Waals surface area (Å²) in [4.78, 5) is 6.72. The van der Waals surface area contributed by atoms with Crippen molar-refractivity contribution in [1.82, 2.24) is 10.2 Å². The molecule has 1 fully saturated rings. The standard InChI is InChI=1S/C15H21Cl2N3O/c1-2-18-15(20-6-4-14(21)10-20)19-5-3-11-7-12(16)9-13(17)8-11/h7-9,14,21H,2-6,10H2,1H3,(H,18,19)/t14-/m1/s1. The molecular weight excluding hydrogens is 309 g/mol. The van der Waals surface area contributed by atoms with Crippen molar-refractivity contribution in [2.45, 2.75) is 25.9 Å². The summed E-state index contributed by atoms with van der Waals surface area (Å²) in [6.45, 7) is 5.00. The zero-order valence-electron chi connectivity index (χ0n) is 12.1. The molecular formula is C15H21Cl2N3O. The van der Waals surface area contributed by atoms with Crippen LogP contribution < -0.4 is 5.32 Å². The van der Waals surface area contributed by atoms with Gasteiger partial charge >= 0.3 is 0 Å². The Morgan fingerprint density at radius 2 is 2.10 bits per heavy atom. The fourth-order valence-corrected chi connectivity index (χ4v) is 2.98. The molecule has 116 valence electrons. The number of benzene rings is 1. The van der Waals surface area contributed by atoms with Crippen LogP contribution in [0.3, 0.4) is 0 Å². The Bertz CT molecular complexity index is 487. The van der Waals surface area contributed by atoms with Gasteiger partial charge in [0.15, 0.2) is 5.96 Å². The first-order valence-corrected chi connectivity index (χ1v) is 8.00. The molecule has 0 radical (unpaired) electrons. The number of likely N-dealkylation sites (tertiary alicyclic amines) is 1. The molecule has 1 saturated heterocycles. The van der Waals surface area contributed by atoms with Crippen LogP contribution in [0.2, 0.25) is 10.0 Å². The number of β-amino-alcohol motifs (C(OH)–C–C–N with tert-alkyl or cyclic N) is 1. The fourth-order valence-electron chi connectivity index (χ4n) is 2.41. The van der Waals surface area contributed by atoms with Crippen molar-refractivity contribution in [2.75, 3.05) is 26.2 Å². The van der Waals surface area contributed by atoms with Crippen LogP contribution in [0.4, 0.5) is 0 Å². The van der Waals surface area contributed by atoms with Crippen molar-refractivity contribution in [1.29, 1.82) is 0 Å². The van der Waals surface area contributed by atoms with Gasteiger partial charge in [-0.05, 0) is 43.5 Å². The highest BCUT2D eigenvalue weighted by molar-refractivity contribution is 6.34. The number of halogens is 2. The lowest BCUT2D eigenvalue weighted by Crippen LogP contribution is -2.40. The molecule has 0 unspecified atom stereocenters. The molecule has 0 spiro atoms. The molecule has 0 aliphatic carbocycles. The predicted octanol–water partition coefficient (Wildman–Crippen LogP) is 2.57. The molecule has 6 heteroatoms. The molecule has 0 saturated carbocycles. The van der Waals surface area contributed by atoms with Gasteiger partial charge in [-0.15, -0.1) is 0 Å². The van der Waals surface area contributed by atoms with E-state index >= 15 is 0 Å². The highest BCUT2D eigenvalue weighted by atomic mass is 35.5. The van der Waals surface area contributed by atoms with Crippen molar-refractivity contribution >= 4 is 29.2 Å². The molecule has 0 amide bonds. The van der Waals surface area contributed by atoms with E-state index in [4.69, 9.17) is 23.2 Å². The molecule has 2 rings (SSSR count). The van der Waals surface area contributed by atoms with Crippen molar-refractivity contribution in [3.05, 3.63) is 33.8 Å². The summed E-state index contributed by atoms with van der Waals surface area (Å²) in [6.07, 6.45) is 1.33. The summed E-state index contributed by atoms with van der Waals surface area (Å²) in [5, 5.41) is 14.2. The van der Waals surface area contributed by atoms with E-state index in [9.17, 15) is 5.11 Å². The maximum Gasteiger partial charge on any atom is 0.194 e. The van der Waals surface area contributed by atoms with Crippen molar-refractivity contribution in [3.63, 3.8) is 0 Å². The number of guanidine groups is 1. The number of hydrogen-bond donors (Lipinski definition) is 2. The zero-order valence-corrected chi connectivity index (χ0v) is 13.7. The first-order valence-electron chi connectivity index (χ1n) is 7.24. The smallest absolute Gasteiger partial charge is 0.194 e. The third kappa shape index (κ3) is 5.06. The minimum absolute atomic E-state index is 0.249. The van der Waals surface area contributed by atoms with Gasteiger partial charge in [-0.1, -0.05) is 23.2 Å². The molecule has 1 heterocycles. The van der Waals surface area contributed by atoms with Crippen LogP contribution in [0.25, 0.3) is 0 Å². The van der Waals surface area contributed by atoms with Gasteiger partial charge in [-0.2, -0.15) is 0 Å². The van der Waals surface area contributed by atoms with E-state index in [0.29, 0.717) is 23.1 Å². The van der Waals surface area contributed by atoms with Crippen molar-refractivity contribution < 1.29 is 5.11 Å². The van der Waals surface area contributed by atoms with Gasteiger partial charge < -0.3 is 15.3 Å². The van der Waals surface area contributed by atoms with Crippen molar-refractivity contribution in [3.8, 4) is 0 Å². The summed E-state index contributed by atoms with van der Waals surface area (Å²) in [5.74, 6) is 0.863. The molecule has 1 aromatic carbocycles. The minimum Gasteiger partial charge on any atom is -0.391 e. The molecule has 1 atom stereocenters. The van der Waals surface area contributed by atoms with Crippen molar-refractivity contribution in [2.24, 2.45) is 4.99 Å². The van der Waals surface area contributed by atoms with E-state index in [1.54, 1.807) is 6.07 Å². The van der Waals surface area contributed by atoms with Gasteiger partial charge in [-0.25, -0.2) is 0 Å². The van der Waals surface area contributed by atoms with Crippen LogP contribution in [0.15, 0.2) is 23.2 Å². The highest BCUT2D eigenvalue weighted by Crippen LogP contribution is 2.19. The van der Waals surface area contributed by atoms with E-state index in [0.717, 1.165) is 37.5 Å². The zero-order chi connectivity index (χ0) is 15.2. The largest absolute Gasteiger partial charge is 0.391 e. The number of aliphatic imine (C=N–C) groups is 1. The van der Waals surface area contributed by atoms with Crippen LogP contribution in [0, 0.1) is 0 Å². The molecule has 1 aromatic rings. The quantitative estimate of drug-likeness (QED) is 0.659. The second-order valence-corrected chi connectivity index (χ2v) is 6.02. The van der Waals surface area contributed by atoms with E-state index in [1.807, 2.05) is 19.1 Å². The van der Waals surface area contributed by atoms with E-state index in [-0.39, 0.29) is 6.10 Å². The summed E-state index contributed by atoms with van der Waals surface area (Å²) < 4.78 is 0. The van der Waals surface area contributed by atoms with Gasteiger partial charge in [-0.3, -0.25) is 4.99 Å². The number of hydrogen-bond acceptors (Lipinski definition) is 2. The number of nitrogens with one attached hydrogen (secondary N) is 1. The monoisotopic (exact) mass is 329 g/mol. The predicted molar refractivity (Wildman–Crippen MR) is 88.3 cm³/mol. The summed E-state index contributed by atoms with van der Waals surface area (Å²) in [5.41, 5.74) is 1.08. The molecule has 0 bridgehead atoms. The highest BCUT2D eigenvalue weighted by Gasteiger charge is 2.22. The van der Waals surface area contributed by atoms with Gasteiger partial charge in [0.25, 0.3) is 0 Å². The number of aliphatic hydroxyl groups excluding tert-OH is 1. The Balaban J connectivity index is 1.96. The van der Waals surface area contributed by atoms with Gasteiger partial charge in [0, 0.05) is 36.2 Å². The molecule has 4 nitrogen and oxygen atoms in total. The lowest BCUT2D eigenvalue weighted by molar-refractivity contribution is 0.188. The Morgan fingerprint density at radius 3 is 2.67 bits per heavy atom. The average molecular weight is 330 g/mol. The van der Waals surface area contributed by atoms with Crippen LogP contribution in [-0.2, 0) is 6.42 Å². The third-order valence-electron chi connectivity index (χ3n) is 3.38. The van der Waals surface area contributed by atoms with Crippen LogP contribution in [-0.4, -0.2) is 48.2 Å². The molecule has 0 aromatic heterocycles. The van der Waals surface area contributed by atoms with Gasteiger partial charge in [0.05, 0.1) is 6.10 Å². The van der Waals surface area contributed by atoms with Crippen LogP contribution in [0.5, 0.6) is 0 Å². The van der Waals surface area contributed by atoms with E-state index < -0.39 is 0 Å². The Hall–Kier alpha value is -0.970. The number of nitrogens with zero attached hydrogens (tertiary/aromatic N) is 2. The lowest BCUT2D eigenvalue weighted by atomic mass is 10.1. The minimum atomic E-state index is -0.249. The normalized spacial score (nSPS) is 19.1. The summed E-state index contributed by atoms with van der Waals surface area (Å²) >= 11 is 12.0. The molecule has 1 aliphatic rings. The van der Waals surface area contributed by atoms with E-state index in [2.05, 4.69) is 15.2 Å².